The summed E-state index contributed by atoms with van der Waals surface area (Å²) in [4.78, 5) is 14.0. The summed E-state index contributed by atoms with van der Waals surface area (Å²) in [5, 5.41) is 3.65. The van der Waals surface area contributed by atoms with Crippen molar-refractivity contribution in [2.75, 3.05) is 26.7 Å². The van der Waals surface area contributed by atoms with E-state index in [9.17, 15) is 4.79 Å². The molecule has 4 heteroatoms. The van der Waals surface area contributed by atoms with Crippen molar-refractivity contribution in [1.82, 2.24) is 10.2 Å². The van der Waals surface area contributed by atoms with Crippen LogP contribution in [-0.4, -0.2) is 43.7 Å². The van der Waals surface area contributed by atoms with Crippen LogP contribution in [0.25, 0.3) is 0 Å². The fourth-order valence-corrected chi connectivity index (χ4v) is 3.59. The number of hydrogen-bond acceptors (Lipinski definition) is 4. The summed E-state index contributed by atoms with van der Waals surface area (Å²) in [5.41, 5.74) is 1.89. The van der Waals surface area contributed by atoms with Crippen LogP contribution in [0.2, 0.25) is 0 Å². The molecule has 2 saturated heterocycles. The van der Waals surface area contributed by atoms with Crippen molar-refractivity contribution in [2.24, 2.45) is 5.92 Å². The average Bonchev–Trinajstić information content (AvgIpc) is 2.55. The summed E-state index contributed by atoms with van der Waals surface area (Å²) in [7, 11) is 1.42. The second kappa shape index (κ2) is 6.58. The summed E-state index contributed by atoms with van der Waals surface area (Å²) in [6.07, 6.45) is 3.92. The zero-order valence-corrected chi connectivity index (χ0v) is 12.7. The zero-order chi connectivity index (χ0) is 14.7. The third-order valence-electron chi connectivity index (χ3n) is 4.76. The third kappa shape index (κ3) is 3.44. The van der Waals surface area contributed by atoms with E-state index in [1.807, 2.05) is 24.3 Å². The van der Waals surface area contributed by atoms with Gasteiger partial charge in [-0.15, -0.1) is 0 Å². The Morgan fingerprint density at radius 2 is 2.14 bits per heavy atom. The van der Waals surface area contributed by atoms with E-state index in [1.54, 1.807) is 0 Å². The number of nitrogens with zero attached hydrogens (tertiary/aromatic N) is 1. The van der Waals surface area contributed by atoms with Gasteiger partial charge in [0.15, 0.2) is 0 Å². The first kappa shape index (κ1) is 14.5. The van der Waals surface area contributed by atoms with Crippen molar-refractivity contribution in [2.45, 2.75) is 31.8 Å². The van der Waals surface area contributed by atoms with E-state index in [2.05, 4.69) is 10.2 Å². The fourth-order valence-electron chi connectivity index (χ4n) is 3.59. The number of esters is 1. The summed E-state index contributed by atoms with van der Waals surface area (Å²) < 4.78 is 4.73. The zero-order valence-electron chi connectivity index (χ0n) is 12.7. The van der Waals surface area contributed by atoms with Gasteiger partial charge in [-0.05, 0) is 56.0 Å². The van der Waals surface area contributed by atoms with Crippen molar-refractivity contribution < 1.29 is 9.53 Å². The van der Waals surface area contributed by atoms with Gasteiger partial charge in [0, 0.05) is 19.1 Å². The van der Waals surface area contributed by atoms with Crippen molar-refractivity contribution >= 4 is 5.97 Å². The molecule has 0 radical (unpaired) electrons. The Balaban J connectivity index is 1.58. The Kier molecular flexibility index (Phi) is 4.56. The molecule has 0 aliphatic carbocycles. The predicted octanol–water partition coefficient (Wildman–Crippen LogP) is 2.05. The normalized spacial score (nSPS) is 26.1. The lowest BCUT2D eigenvalue weighted by Crippen LogP contribution is -2.51. The number of fused-ring (bicyclic) bond motifs is 1. The lowest BCUT2D eigenvalue weighted by Gasteiger charge is -2.41. The number of hydrogen-bond donors (Lipinski definition) is 1. The highest BCUT2D eigenvalue weighted by Gasteiger charge is 2.30. The van der Waals surface area contributed by atoms with E-state index >= 15 is 0 Å². The Hall–Kier alpha value is -1.39. The van der Waals surface area contributed by atoms with Crippen molar-refractivity contribution in [1.29, 1.82) is 0 Å². The second-order valence-corrected chi connectivity index (χ2v) is 6.18. The van der Waals surface area contributed by atoms with Gasteiger partial charge in [-0.2, -0.15) is 0 Å². The van der Waals surface area contributed by atoms with E-state index in [1.165, 1.54) is 45.0 Å². The van der Waals surface area contributed by atoms with E-state index in [0.29, 0.717) is 5.56 Å². The number of ether oxygens (including phenoxy) is 1. The van der Waals surface area contributed by atoms with Crippen LogP contribution in [-0.2, 0) is 11.3 Å². The molecule has 0 amide bonds. The minimum atomic E-state index is -0.268. The maximum atomic E-state index is 11.4. The SMILES string of the molecule is COC(=O)c1ccc(CN2CC[C@@H]3NCCC[C@@H]3C2)cc1. The molecule has 114 valence electrons. The molecule has 21 heavy (non-hydrogen) atoms. The van der Waals surface area contributed by atoms with Gasteiger partial charge in [-0.1, -0.05) is 12.1 Å². The number of likely N-dealkylation sites (tertiary alicyclic amines) is 1. The first-order valence-electron chi connectivity index (χ1n) is 7.89. The van der Waals surface area contributed by atoms with Crippen LogP contribution in [0.4, 0.5) is 0 Å². The molecule has 0 saturated carbocycles. The second-order valence-electron chi connectivity index (χ2n) is 6.18. The number of nitrogens with one attached hydrogen (secondary N) is 1. The summed E-state index contributed by atoms with van der Waals surface area (Å²) in [5.74, 6) is 0.539. The number of carbonyl (C=O) groups excluding carboxylic acids is 1. The Labute approximate surface area is 126 Å². The number of rotatable bonds is 3. The Morgan fingerprint density at radius 1 is 1.33 bits per heavy atom. The van der Waals surface area contributed by atoms with Gasteiger partial charge in [0.25, 0.3) is 0 Å². The molecule has 2 aliphatic heterocycles. The summed E-state index contributed by atoms with van der Waals surface area (Å²) >= 11 is 0. The van der Waals surface area contributed by atoms with E-state index in [4.69, 9.17) is 4.74 Å². The molecule has 2 aliphatic rings. The topological polar surface area (TPSA) is 41.6 Å². The Bertz CT molecular complexity index is 486. The van der Waals surface area contributed by atoms with Crippen molar-refractivity contribution in [3.05, 3.63) is 35.4 Å². The average molecular weight is 288 g/mol. The molecule has 0 unspecified atom stereocenters. The Morgan fingerprint density at radius 3 is 2.90 bits per heavy atom. The monoisotopic (exact) mass is 288 g/mol. The number of benzene rings is 1. The molecule has 4 nitrogen and oxygen atoms in total. The summed E-state index contributed by atoms with van der Waals surface area (Å²) in [6, 6.07) is 8.53. The first-order valence-corrected chi connectivity index (χ1v) is 7.89. The molecule has 3 rings (SSSR count). The van der Waals surface area contributed by atoms with Crippen molar-refractivity contribution in [3.8, 4) is 0 Å². The minimum Gasteiger partial charge on any atom is -0.465 e. The molecule has 1 N–H and O–H groups in total. The highest BCUT2D eigenvalue weighted by molar-refractivity contribution is 5.89. The first-order chi connectivity index (χ1) is 10.3. The van der Waals surface area contributed by atoms with Crippen LogP contribution >= 0.6 is 0 Å². The van der Waals surface area contributed by atoms with Gasteiger partial charge in [-0.3, -0.25) is 4.90 Å². The molecular formula is C17H24N2O2. The molecule has 2 fully saturated rings. The molecule has 0 spiro atoms. The molecule has 2 atom stereocenters. The maximum absolute atomic E-state index is 11.4. The van der Waals surface area contributed by atoms with Gasteiger partial charge >= 0.3 is 5.97 Å². The molecule has 1 aromatic carbocycles. The molecule has 2 heterocycles. The fraction of sp³-hybridized carbons (Fsp3) is 0.588. The highest BCUT2D eigenvalue weighted by Crippen LogP contribution is 2.25. The third-order valence-corrected chi connectivity index (χ3v) is 4.76. The molecule has 0 bridgehead atoms. The van der Waals surface area contributed by atoms with Gasteiger partial charge in [0.1, 0.15) is 0 Å². The van der Waals surface area contributed by atoms with Crippen molar-refractivity contribution in [3.63, 3.8) is 0 Å². The molecular weight excluding hydrogens is 264 g/mol. The van der Waals surface area contributed by atoms with Gasteiger partial charge in [-0.25, -0.2) is 4.79 Å². The molecule has 1 aromatic rings. The number of piperidine rings is 2. The van der Waals surface area contributed by atoms with Crippen LogP contribution in [0.15, 0.2) is 24.3 Å². The van der Waals surface area contributed by atoms with Crippen LogP contribution in [0.1, 0.15) is 35.2 Å². The lowest BCUT2D eigenvalue weighted by atomic mass is 9.85. The van der Waals surface area contributed by atoms with E-state index < -0.39 is 0 Å². The number of methoxy groups -OCH3 is 1. The standard InChI is InChI=1S/C17H24N2O2/c1-21-17(20)14-6-4-13(5-7-14)11-19-10-8-16-15(12-19)3-2-9-18-16/h4-7,15-16,18H,2-3,8-12H2,1H3/t15-,16+/m1/s1. The minimum absolute atomic E-state index is 0.268. The highest BCUT2D eigenvalue weighted by atomic mass is 16.5. The van der Waals surface area contributed by atoms with Gasteiger partial charge < -0.3 is 10.1 Å². The number of carbonyl (C=O) groups is 1. The van der Waals surface area contributed by atoms with Crippen LogP contribution < -0.4 is 5.32 Å². The van der Waals surface area contributed by atoms with Crippen LogP contribution in [0.3, 0.4) is 0 Å². The summed E-state index contributed by atoms with van der Waals surface area (Å²) in [6.45, 7) is 4.52. The van der Waals surface area contributed by atoms with Gasteiger partial charge in [0.2, 0.25) is 0 Å². The van der Waals surface area contributed by atoms with Gasteiger partial charge in [0.05, 0.1) is 12.7 Å². The molecule has 0 aromatic heterocycles. The van der Waals surface area contributed by atoms with E-state index in [-0.39, 0.29) is 5.97 Å². The predicted molar refractivity (Wildman–Crippen MR) is 82.2 cm³/mol. The van der Waals surface area contributed by atoms with Crippen LogP contribution in [0.5, 0.6) is 0 Å². The lowest BCUT2D eigenvalue weighted by molar-refractivity contribution is 0.0600. The van der Waals surface area contributed by atoms with E-state index in [0.717, 1.165) is 25.0 Å². The quantitative estimate of drug-likeness (QED) is 0.864. The largest absolute Gasteiger partial charge is 0.465 e. The maximum Gasteiger partial charge on any atom is 0.337 e. The van der Waals surface area contributed by atoms with Crippen LogP contribution in [0, 0.1) is 5.92 Å². The smallest absolute Gasteiger partial charge is 0.337 e.